The van der Waals surface area contributed by atoms with Gasteiger partial charge in [-0.15, -0.1) is 0 Å². The van der Waals surface area contributed by atoms with Crippen LogP contribution in [-0.4, -0.2) is 95.0 Å². The molecular weight excluding hydrogens is 863 g/mol. The third-order valence-electron chi connectivity index (χ3n) is 13.4. The number of piperidine rings is 3. The number of carbonyl (C=O) groups is 4. The molecule has 5 aliphatic rings. The van der Waals surface area contributed by atoms with Crippen LogP contribution in [0.5, 0.6) is 0 Å². The van der Waals surface area contributed by atoms with E-state index in [1.807, 2.05) is 78.4 Å². The predicted molar refractivity (Wildman–Crippen MR) is 226 cm³/mol. The number of alkyl carbamates (subject to hydrolysis) is 2. The SMILES string of the molecule is COC(=O)N[C@H](C(=O)N1[C@H](c2ncc(-c3ccc(C#Cc4ccc(-c5cnc([C@@H]6C[C@H]7C[C@]78CC(C)[C@H](NC(=O)OC)C(=O)N68)[nH]5)cc4)cc3)[nH]2)C[C@H]2C[C@]21C)C(C)I. The highest BCUT2D eigenvalue weighted by molar-refractivity contribution is 14.1. The summed E-state index contributed by atoms with van der Waals surface area (Å²) in [5.41, 5.74) is 4.97. The molecule has 4 aromatic rings. The van der Waals surface area contributed by atoms with Crippen molar-refractivity contribution in [2.75, 3.05) is 14.2 Å². The van der Waals surface area contributed by atoms with Crippen LogP contribution >= 0.6 is 22.6 Å². The lowest BCUT2D eigenvalue weighted by Gasteiger charge is -2.43. The molecule has 15 heteroatoms. The monoisotopic (exact) mass is 910 g/mol. The Balaban J connectivity index is 0.848. The lowest BCUT2D eigenvalue weighted by molar-refractivity contribution is -0.144. The van der Waals surface area contributed by atoms with Crippen molar-refractivity contribution >= 4 is 46.6 Å². The van der Waals surface area contributed by atoms with Gasteiger partial charge in [-0.25, -0.2) is 19.6 Å². The molecule has 14 nitrogen and oxygen atoms in total. The number of nitrogens with zero attached hydrogens (tertiary/aromatic N) is 4. The van der Waals surface area contributed by atoms with Crippen molar-refractivity contribution in [3.63, 3.8) is 0 Å². The average molecular weight is 911 g/mol. The molecule has 3 saturated heterocycles. The third-order valence-corrected chi connectivity index (χ3v) is 14.2. The summed E-state index contributed by atoms with van der Waals surface area (Å²) in [6, 6.07) is 14.3. The Hall–Kier alpha value is -5.37. The van der Waals surface area contributed by atoms with Crippen LogP contribution in [0.15, 0.2) is 60.9 Å². The number of H-pyrrole nitrogens is 2. The van der Waals surface area contributed by atoms with Crippen LogP contribution in [-0.2, 0) is 19.1 Å². The second kappa shape index (κ2) is 14.7. The van der Waals surface area contributed by atoms with Crippen LogP contribution in [0, 0.1) is 29.6 Å². The Labute approximate surface area is 356 Å². The van der Waals surface area contributed by atoms with Gasteiger partial charge in [0.25, 0.3) is 0 Å². The maximum absolute atomic E-state index is 13.9. The molecule has 9 rings (SSSR count). The molecule has 3 aliphatic heterocycles. The minimum absolute atomic E-state index is 0.0259. The van der Waals surface area contributed by atoms with Gasteiger partial charge in [-0.3, -0.25) is 9.59 Å². The Morgan fingerprint density at radius 1 is 0.847 bits per heavy atom. The molecule has 0 radical (unpaired) electrons. The van der Waals surface area contributed by atoms with E-state index in [9.17, 15) is 19.2 Å². The molecule has 2 aromatic heterocycles. The summed E-state index contributed by atoms with van der Waals surface area (Å²) in [6.45, 7) is 6.05. The van der Waals surface area contributed by atoms with Gasteiger partial charge in [0.1, 0.15) is 23.7 Å². The van der Waals surface area contributed by atoms with Crippen LogP contribution in [0.25, 0.3) is 22.5 Å². The summed E-state index contributed by atoms with van der Waals surface area (Å²) in [7, 11) is 2.61. The highest BCUT2D eigenvalue weighted by Gasteiger charge is 2.70. The standard InChI is InChI=1S/C44H47IN8O6/c1-23-18-44-20-30(44)17-34(53(44)39(54)35(23)50-41(56)58-4)38-47-22-32(49-38)28-14-10-26(11-15-28)7-6-25-8-12-27(13-9-25)31-21-46-37(48-31)33-16-29-19-43(29,3)52(33)40(55)36(24(2)45)51-42(57)59-5/h8-15,21-24,29-30,33-36H,16-20H2,1-5H3,(H,46,48)(H,47,49)(H,50,56)(H,51,57)/t23?,24?,29-,30-,33-,34-,35-,36-,43+,44+/m0/s1. The molecule has 5 fully saturated rings. The van der Waals surface area contributed by atoms with Crippen molar-refractivity contribution in [1.82, 2.24) is 40.4 Å². The molecule has 1 spiro atoms. The number of aromatic nitrogens is 4. The zero-order chi connectivity index (χ0) is 41.4. The molecule has 4 N–H and O–H groups in total. The van der Waals surface area contributed by atoms with E-state index in [2.05, 4.69) is 62.0 Å². The number of methoxy groups -OCH3 is 2. The molecule has 5 heterocycles. The molecular formula is C44H47IN8O6. The largest absolute Gasteiger partial charge is 0.453 e. The van der Waals surface area contributed by atoms with Gasteiger partial charge in [-0.05, 0) is 92.2 Å². The van der Waals surface area contributed by atoms with Crippen LogP contribution in [0.3, 0.4) is 0 Å². The van der Waals surface area contributed by atoms with E-state index in [1.54, 1.807) is 6.20 Å². The van der Waals surface area contributed by atoms with Crippen LogP contribution in [0.2, 0.25) is 0 Å². The first-order chi connectivity index (χ1) is 28.3. The molecule has 2 aliphatic carbocycles. The fourth-order valence-electron chi connectivity index (χ4n) is 10.1. The number of aromatic amines is 2. The number of likely N-dealkylation sites (tertiary alicyclic amines) is 1. The topological polar surface area (TPSA) is 175 Å². The summed E-state index contributed by atoms with van der Waals surface area (Å²) >= 11 is 2.17. The number of rotatable bonds is 8. The molecule has 306 valence electrons. The molecule has 2 unspecified atom stereocenters. The molecule has 2 saturated carbocycles. The van der Waals surface area contributed by atoms with E-state index >= 15 is 0 Å². The van der Waals surface area contributed by atoms with Gasteiger partial charge in [-0.1, -0.05) is 72.5 Å². The van der Waals surface area contributed by atoms with E-state index in [-0.39, 0.29) is 44.8 Å². The predicted octanol–water partition coefficient (Wildman–Crippen LogP) is 6.26. The Morgan fingerprint density at radius 2 is 1.41 bits per heavy atom. The zero-order valence-electron chi connectivity index (χ0n) is 33.5. The molecule has 4 amide bonds. The fourth-order valence-corrected chi connectivity index (χ4v) is 10.6. The van der Waals surface area contributed by atoms with Gasteiger partial charge in [0, 0.05) is 26.1 Å². The number of alkyl halides is 1. The van der Waals surface area contributed by atoms with Gasteiger partial charge in [0.15, 0.2) is 0 Å². The highest BCUT2D eigenvalue weighted by Crippen LogP contribution is 2.66. The van der Waals surface area contributed by atoms with Crippen molar-refractivity contribution < 1.29 is 28.7 Å². The molecule has 10 atom stereocenters. The highest BCUT2D eigenvalue weighted by atomic mass is 127. The number of fused-ring (bicyclic) bond motifs is 1. The van der Waals surface area contributed by atoms with Crippen molar-refractivity contribution in [1.29, 1.82) is 0 Å². The fraction of sp³-hybridized carbons (Fsp3) is 0.455. The maximum atomic E-state index is 13.9. The van der Waals surface area contributed by atoms with E-state index in [1.165, 1.54) is 14.2 Å². The van der Waals surface area contributed by atoms with E-state index in [0.29, 0.717) is 11.8 Å². The normalized spacial score (nSPS) is 29.6. The number of amides is 4. The smallest absolute Gasteiger partial charge is 0.407 e. The number of imidazole rings is 2. The van der Waals surface area contributed by atoms with Gasteiger partial charge in [0.05, 0.1) is 50.1 Å². The molecule has 0 bridgehead atoms. The van der Waals surface area contributed by atoms with Crippen molar-refractivity contribution in [3.05, 3.63) is 83.7 Å². The van der Waals surface area contributed by atoms with Crippen LogP contribution in [0.1, 0.15) is 87.7 Å². The first-order valence-electron chi connectivity index (χ1n) is 20.2. The van der Waals surface area contributed by atoms with Crippen LogP contribution < -0.4 is 10.6 Å². The van der Waals surface area contributed by atoms with Crippen molar-refractivity contribution in [2.45, 2.75) is 92.0 Å². The number of nitrogens with one attached hydrogen (secondary N) is 4. The number of hydrogen-bond acceptors (Lipinski definition) is 8. The summed E-state index contributed by atoms with van der Waals surface area (Å²) < 4.78 is 9.47. The maximum Gasteiger partial charge on any atom is 0.407 e. The van der Waals surface area contributed by atoms with Crippen LogP contribution in [0.4, 0.5) is 9.59 Å². The first kappa shape index (κ1) is 39.1. The molecule has 2 aromatic carbocycles. The third kappa shape index (κ3) is 6.82. The average Bonchev–Trinajstić information content (AvgIpc) is 3.68. The second-order valence-corrected chi connectivity index (χ2v) is 19.0. The summed E-state index contributed by atoms with van der Waals surface area (Å²) in [5.74, 6) is 8.70. The van der Waals surface area contributed by atoms with Gasteiger partial charge >= 0.3 is 12.2 Å². The molecule has 59 heavy (non-hydrogen) atoms. The number of ether oxygens (including phenoxy) is 2. The van der Waals surface area contributed by atoms with Gasteiger partial charge in [0.2, 0.25) is 11.8 Å². The number of halogens is 1. The lowest BCUT2D eigenvalue weighted by atomic mass is 9.85. The number of benzene rings is 2. The van der Waals surface area contributed by atoms with E-state index in [4.69, 9.17) is 19.4 Å². The quantitative estimate of drug-likeness (QED) is 0.0911. The van der Waals surface area contributed by atoms with Crippen molar-refractivity contribution in [3.8, 4) is 34.4 Å². The summed E-state index contributed by atoms with van der Waals surface area (Å²) in [6.07, 6.45) is 6.86. The Bertz CT molecular complexity index is 2380. The van der Waals surface area contributed by atoms with E-state index < -0.39 is 24.3 Å². The minimum Gasteiger partial charge on any atom is -0.453 e. The Morgan fingerprint density at radius 3 is 1.97 bits per heavy atom. The van der Waals surface area contributed by atoms with Gasteiger partial charge < -0.3 is 39.9 Å². The summed E-state index contributed by atoms with van der Waals surface area (Å²) in [5, 5.41) is 5.50. The number of carbonyl (C=O) groups excluding carboxylic acids is 4. The number of hydrogen-bond donors (Lipinski definition) is 4. The second-order valence-electron chi connectivity index (χ2n) is 17.0. The lowest BCUT2D eigenvalue weighted by Crippen LogP contribution is -2.60. The Kier molecular flexibility index (Phi) is 9.76. The first-order valence-corrected chi connectivity index (χ1v) is 21.4. The van der Waals surface area contributed by atoms with Gasteiger partial charge in [-0.2, -0.15) is 0 Å². The van der Waals surface area contributed by atoms with E-state index in [0.717, 1.165) is 77.4 Å². The summed E-state index contributed by atoms with van der Waals surface area (Å²) in [4.78, 5) is 72.2. The van der Waals surface area contributed by atoms with Crippen molar-refractivity contribution in [2.24, 2.45) is 17.8 Å². The minimum atomic E-state index is -0.713. The zero-order valence-corrected chi connectivity index (χ0v) is 35.7.